The topological polar surface area (TPSA) is 0 Å². The molecule has 0 aliphatic carbocycles. The molecule has 0 aliphatic heterocycles. The van der Waals surface area contributed by atoms with Crippen LogP contribution < -0.4 is 0 Å². The zero-order chi connectivity index (χ0) is 14.8. The van der Waals surface area contributed by atoms with Crippen molar-refractivity contribution >= 4 is 11.0 Å². The summed E-state index contributed by atoms with van der Waals surface area (Å²) in [5.74, 6) is -3.81. The van der Waals surface area contributed by atoms with E-state index in [2.05, 4.69) is 0 Å². The van der Waals surface area contributed by atoms with E-state index in [1.165, 1.54) is 0 Å². The molecular formula is C18H11F3Si. The van der Waals surface area contributed by atoms with Gasteiger partial charge in [0.15, 0.2) is 17.5 Å². The van der Waals surface area contributed by atoms with Crippen molar-refractivity contribution in [3.8, 4) is 22.3 Å². The van der Waals surface area contributed by atoms with Crippen LogP contribution in [0.3, 0.4) is 0 Å². The van der Waals surface area contributed by atoms with Crippen LogP contribution in [-0.2, 0) is 0 Å². The van der Waals surface area contributed by atoms with Crippen molar-refractivity contribution < 1.29 is 13.2 Å². The molecule has 0 unspecified atom stereocenters. The van der Waals surface area contributed by atoms with Gasteiger partial charge in [-0.1, -0.05) is 60.7 Å². The van der Waals surface area contributed by atoms with E-state index >= 15 is 0 Å². The van der Waals surface area contributed by atoms with Gasteiger partial charge in [0.1, 0.15) is 0 Å². The van der Waals surface area contributed by atoms with Crippen LogP contribution in [0.1, 0.15) is 0 Å². The average Bonchev–Trinajstić information content (AvgIpc) is 2.54. The first-order valence-corrected chi connectivity index (χ1v) is 6.47. The summed E-state index contributed by atoms with van der Waals surface area (Å²) in [5, 5.41) is 0. The molecule has 108 valence electrons. The minimum absolute atomic E-state index is 0. The van der Waals surface area contributed by atoms with Gasteiger partial charge in [0.25, 0.3) is 0 Å². The highest BCUT2D eigenvalue weighted by atomic mass is 28.1. The quantitative estimate of drug-likeness (QED) is 0.458. The van der Waals surface area contributed by atoms with E-state index in [0.29, 0.717) is 16.7 Å². The highest BCUT2D eigenvalue weighted by Gasteiger charge is 2.20. The lowest BCUT2D eigenvalue weighted by Gasteiger charge is -2.12. The average molecular weight is 312 g/mol. The minimum atomic E-state index is -1.45. The van der Waals surface area contributed by atoms with E-state index in [1.807, 2.05) is 6.07 Å². The zero-order valence-electron chi connectivity index (χ0n) is 11.5. The van der Waals surface area contributed by atoms with Crippen LogP contribution in [-0.4, -0.2) is 11.0 Å². The number of rotatable bonds is 2. The fourth-order valence-electron chi connectivity index (χ4n) is 2.33. The number of hydrogen-bond donors (Lipinski definition) is 0. The maximum atomic E-state index is 14.3. The standard InChI is InChI=1S/C18H11F3.Si/c19-15-11-14(12-7-3-1-4-8-12)16(18(21)17(15)20)13-9-5-2-6-10-13;/h1-11H;. The Morgan fingerprint density at radius 1 is 0.591 bits per heavy atom. The lowest BCUT2D eigenvalue weighted by molar-refractivity contribution is 0.449. The highest BCUT2D eigenvalue weighted by molar-refractivity contribution is 5.84. The zero-order valence-corrected chi connectivity index (χ0v) is 12.5. The maximum absolute atomic E-state index is 14.3. The second-order valence-electron chi connectivity index (χ2n) is 4.64. The van der Waals surface area contributed by atoms with Crippen molar-refractivity contribution in [2.24, 2.45) is 0 Å². The van der Waals surface area contributed by atoms with Gasteiger partial charge in [-0.2, -0.15) is 0 Å². The van der Waals surface area contributed by atoms with Crippen LogP contribution >= 0.6 is 0 Å². The molecule has 0 aromatic heterocycles. The van der Waals surface area contributed by atoms with Gasteiger partial charge in [-0.25, -0.2) is 13.2 Å². The Bertz CT molecular complexity index is 771. The molecule has 0 spiro atoms. The minimum Gasteiger partial charge on any atom is -0.204 e. The molecule has 22 heavy (non-hydrogen) atoms. The molecule has 0 heterocycles. The van der Waals surface area contributed by atoms with Crippen LogP contribution in [0.15, 0.2) is 66.7 Å². The Morgan fingerprint density at radius 2 is 1.09 bits per heavy atom. The second-order valence-corrected chi connectivity index (χ2v) is 4.64. The molecule has 0 saturated carbocycles. The van der Waals surface area contributed by atoms with Crippen molar-refractivity contribution in [1.82, 2.24) is 0 Å². The Labute approximate surface area is 131 Å². The second kappa shape index (κ2) is 6.62. The number of hydrogen-bond acceptors (Lipinski definition) is 0. The molecule has 0 saturated heterocycles. The highest BCUT2D eigenvalue weighted by Crippen LogP contribution is 2.36. The van der Waals surface area contributed by atoms with Gasteiger partial charge in [-0.15, -0.1) is 0 Å². The molecule has 0 fully saturated rings. The predicted octanol–water partition coefficient (Wildman–Crippen LogP) is 5.06. The van der Waals surface area contributed by atoms with Crippen LogP contribution in [0.2, 0.25) is 0 Å². The summed E-state index contributed by atoms with van der Waals surface area (Å²) in [6.45, 7) is 0. The van der Waals surface area contributed by atoms with Crippen molar-refractivity contribution in [3.63, 3.8) is 0 Å². The third-order valence-corrected chi connectivity index (χ3v) is 3.31. The Kier molecular flexibility index (Phi) is 4.83. The van der Waals surface area contributed by atoms with Gasteiger partial charge in [0.2, 0.25) is 0 Å². The number of benzene rings is 3. The number of halogens is 3. The van der Waals surface area contributed by atoms with E-state index in [4.69, 9.17) is 0 Å². The van der Waals surface area contributed by atoms with E-state index in [1.54, 1.807) is 54.6 Å². The Morgan fingerprint density at radius 3 is 1.64 bits per heavy atom. The third-order valence-electron chi connectivity index (χ3n) is 3.31. The molecule has 0 atom stereocenters. The Hall–Kier alpha value is -2.33. The Balaban J connectivity index is 0.00000176. The van der Waals surface area contributed by atoms with E-state index in [0.717, 1.165) is 6.07 Å². The van der Waals surface area contributed by atoms with E-state index in [9.17, 15) is 13.2 Å². The van der Waals surface area contributed by atoms with Gasteiger partial charge in [-0.05, 0) is 22.8 Å². The van der Waals surface area contributed by atoms with Gasteiger partial charge >= 0.3 is 0 Å². The summed E-state index contributed by atoms with van der Waals surface area (Å²) in [7, 11) is 0. The van der Waals surface area contributed by atoms with Crippen molar-refractivity contribution in [2.75, 3.05) is 0 Å². The monoisotopic (exact) mass is 312 g/mol. The summed E-state index contributed by atoms with van der Waals surface area (Å²) in [5.41, 5.74) is 1.54. The van der Waals surface area contributed by atoms with Crippen LogP contribution in [0.5, 0.6) is 0 Å². The van der Waals surface area contributed by atoms with Crippen molar-refractivity contribution in [1.29, 1.82) is 0 Å². The normalized spacial score (nSPS) is 10.1. The largest absolute Gasteiger partial charge is 0.204 e. The summed E-state index contributed by atoms with van der Waals surface area (Å²) < 4.78 is 41.5. The van der Waals surface area contributed by atoms with Crippen molar-refractivity contribution in [3.05, 3.63) is 84.2 Å². The molecule has 3 rings (SSSR count). The molecule has 4 radical (unpaired) electrons. The van der Waals surface area contributed by atoms with E-state index in [-0.39, 0.29) is 16.5 Å². The summed E-state index contributed by atoms with van der Waals surface area (Å²) in [6.07, 6.45) is 0. The maximum Gasteiger partial charge on any atom is 0.195 e. The van der Waals surface area contributed by atoms with E-state index < -0.39 is 17.5 Å². The van der Waals surface area contributed by atoms with Gasteiger partial charge < -0.3 is 0 Å². The van der Waals surface area contributed by atoms with Crippen molar-refractivity contribution in [2.45, 2.75) is 0 Å². The molecule has 0 amide bonds. The lowest BCUT2D eigenvalue weighted by Crippen LogP contribution is -1.98. The molecule has 4 heteroatoms. The smallest absolute Gasteiger partial charge is 0.195 e. The first-order chi connectivity index (χ1) is 10.2. The predicted molar refractivity (Wildman–Crippen MR) is 82.9 cm³/mol. The summed E-state index contributed by atoms with van der Waals surface area (Å²) >= 11 is 0. The SMILES string of the molecule is Fc1cc(-c2ccccc2)c(-c2ccccc2)c(F)c1F.[Si]. The summed E-state index contributed by atoms with van der Waals surface area (Å²) in [4.78, 5) is 0. The molecular weight excluding hydrogens is 301 g/mol. The van der Waals surface area contributed by atoms with Gasteiger partial charge in [0.05, 0.1) is 0 Å². The first kappa shape index (κ1) is 16.0. The van der Waals surface area contributed by atoms with Crippen LogP contribution in [0.4, 0.5) is 13.2 Å². The molecule has 0 bridgehead atoms. The molecule has 3 aromatic carbocycles. The third kappa shape index (κ3) is 2.83. The first-order valence-electron chi connectivity index (χ1n) is 6.47. The lowest BCUT2D eigenvalue weighted by atomic mass is 9.93. The molecule has 0 nitrogen and oxygen atoms in total. The molecule has 3 aromatic rings. The fraction of sp³-hybridized carbons (Fsp3) is 0. The van der Waals surface area contributed by atoms with Gasteiger partial charge in [0, 0.05) is 16.5 Å². The molecule has 0 aliphatic rings. The van der Waals surface area contributed by atoms with Gasteiger partial charge in [-0.3, -0.25) is 0 Å². The summed E-state index contributed by atoms with van der Waals surface area (Å²) in [6, 6.07) is 18.4. The van der Waals surface area contributed by atoms with Crippen LogP contribution in [0.25, 0.3) is 22.3 Å². The molecule has 0 N–H and O–H groups in total. The van der Waals surface area contributed by atoms with Crippen LogP contribution in [0, 0.1) is 17.5 Å². The fourth-order valence-corrected chi connectivity index (χ4v) is 2.33.